The van der Waals surface area contributed by atoms with E-state index in [4.69, 9.17) is 7.85 Å². The Labute approximate surface area is 119 Å². The van der Waals surface area contributed by atoms with E-state index in [1.807, 2.05) is 0 Å². The molecule has 1 heterocycles. The second-order valence-electron chi connectivity index (χ2n) is 4.92. The fourth-order valence-corrected chi connectivity index (χ4v) is 2.60. The van der Waals surface area contributed by atoms with Crippen LogP contribution in [0.15, 0.2) is 12.1 Å². The number of hydrogen-bond donors (Lipinski definition) is 0. The molecule has 1 saturated heterocycles. The maximum Gasteiger partial charge on any atom is 0.419 e. The summed E-state index contributed by atoms with van der Waals surface area (Å²) in [6.07, 6.45) is -4.53. The van der Waals surface area contributed by atoms with Gasteiger partial charge >= 0.3 is 6.18 Å². The van der Waals surface area contributed by atoms with Crippen molar-refractivity contribution in [1.82, 2.24) is 4.90 Å². The summed E-state index contributed by atoms with van der Waals surface area (Å²) in [6.45, 7) is 0.382. The molecule has 21 heavy (non-hydrogen) atoms. The van der Waals surface area contributed by atoms with Crippen molar-refractivity contribution in [3.05, 3.63) is 34.9 Å². The van der Waals surface area contributed by atoms with Gasteiger partial charge in [0.25, 0.3) is 0 Å². The number of hydrogen-bond acceptors (Lipinski definition) is 1. The van der Waals surface area contributed by atoms with Gasteiger partial charge < -0.3 is 4.90 Å². The van der Waals surface area contributed by atoms with Crippen LogP contribution in [0.1, 0.15) is 29.9 Å². The van der Waals surface area contributed by atoms with E-state index in [9.17, 15) is 26.7 Å². The lowest BCUT2D eigenvalue weighted by Crippen LogP contribution is -2.37. The standard InChI is InChI=1S/C13H11BF5NO/c14-12(21)20-5-3-7(4-6-20)8-1-2-9(15)11(16)10(8)13(17,18)19/h1-2,7H,3-6H2. The summed E-state index contributed by atoms with van der Waals surface area (Å²) in [5, 5.41) is 0. The van der Waals surface area contributed by atoms with Crippen LogP contribution in [0, 0.1) is 11.6 Å². The Morgan fingerprint density at radius 3 is 2.24 bits per heavy atom. The highest BCUT2D eigenvalue weighted by Crippen LogP contribution is 2.40. The molecule has 0 aliphatic carbocycles. The van der Waals surface area contributed by atoms with E-state index >= 15 is 0 Å². The van der Waals surface area contributed by atoms with Gasteiger partial charge in [0.05, 0.1) is 5.56 Å². The van der Waals surface area contributed by atoms with Gasteiger partial charge in [-0.15, -0.1) is 0 Å². The van der Waals surface area contributed by atoms with Gasteiger partial charge in [-0.1, -0.05) is 6.07 Å². The van der Waals surface area contributed by atoms with Crippen LogP contribution in [0.3, 0.4) is 0 Å². The molecule has 8 heteroatoms. The SMILES string of the molecule is [B]C(=O)N1CCC(c2ccc(F)c(F)c2C(F)(F)F)CC1. The third-order valence-corrected chi connectivity index (χ3v) is 3.66. The molecule has 0 aromatic heterocycles. The van der Waals surface area contributed by atoms with Crippen LogP contribution in [0.5, 0.6) is 0 Å². The lowest BCUT2D eigenvalue weighted by atomic mass is 9.85. The Morgan fingerprint density at radius 2 is 1.76 bits per heavy atom. The molecular formula is C13H11BF5NO. The van der Waals surface area contributed by atoms with Crippen LogP contribution in [0.25, 0.3) is 0 Å². The van der Waals surface area contributed by atoms with Gasteiger partial charge in [0.1, 0.15) is 0 Å². The molecule has 0 spiro atoms. The number of benzene rings is 1. The summed E-state index contributed by atoms with van der Waals surface area (Å²) in [5.41, 5.74) is -1.83. The molecule has 1 aliphatic heterocycles. The van der Waals surface area contributed by atoms with E-state index in [0.29, 0.717) is 6.07 Å². The number of halogens is 5. The van der Waals surface area contributed by atoms with Crippen LogP contribution >= 0.6 is 0 Å². The Morgan fingerprint density at radius 1 is 1.19 bits per heavy atom. The fourth-order valence-electron chi connectivity index (χ4n) is 2.60. The highest BCUT2D eigenvalue weighted by Gasteiger charge is 2.40. The smallest absolute Gasteiger partial charge is 0.353 e. The van der Waals surface area contributed by atoms with Crippen molar-refractivity contribution in [2.24, 2.45) is 0 Å². The molecule has 0 unspecified atom stereocenters. The number of carbonyl (C=O) groups excluding carboxylic acids is 1. The lowest BCUT2D eigenvalue weighted by molar-refractivity contribution is -0.141. The lowest BCUT2D eigenvalue weighted by Gasteiger charge is -2.33. The molecule has 0 saturated carbocycles. The van der Waals surface area contributed by atoms with E-state index in [1.165, 1.54) is 4.90 Å². The second-order valence-corrected chi connectivity index (χ2v) is 4.92. The predicted molar refractivity (Wildman–Crippen MR) is 66.1 cm³/mol. The minimum atomic E-state index is -4.97. The molecule has 1 amide bonds. The molecule has 2 radical (unpaired) electrons. The van der Waals surface area contributed by atoms with Gasteiger partial charge in [-0.05, 0) is 30.4 Å². The van der Waals surface area contributed by atoms with Gasteiger partial charge in [-0.3, -0.25) is 4.79 Å². The van der Waals surface area contributed by atoms with Crippen molar-refractivity contribution in [3.8, 4) is 0 Å². The summed E-state index contributed by atoms with van der Waals surface area (Å²) in [5.74, 6) is -4.64. The Hall–Kier alpha value is -1.60. The summed E-state index contributed by atoms with van der Waals surface area (Å²) in [7, 11) is 5.09. The van der Waals surface area contributed by atoms with Crippen LogP contribution in [0.2, 0.25) is 0 Å². The highest BCUT2D eigenvalue weighted by atomic mass is 19.4. The van der Waals surface area contributed by atoms with Crippen molar-refractivity contribution < 1.29 is 26.7 Å². The summed E-state index contributed by atoms with van der Waals surface area (Å²) >= 11 is 0. The molecule has 0 atom stereocenters. The zero-order valence-electron chi connectivity index (χ0n) is 10.9. The molecule has 112 valence electrons. The van der Waals surface area contributed by atoms with Crippen molar-refractivity contribution >= 4 is 13.7 Å². The fraction of sp³-hybridized carbons (Fsp3) is 0.462. The summed E-state index contributed by atoms with van der Waals surface area (Å²) in [6, 6.07) is 1.66. The van der Waals surface area contributed by atoms with Crippen molar-refractivity contribution in [2.75, 3.05) is 13.1 Å². The third-order valence-electron chi connectivity index (χ3n) is 3.66. The highest BCUT2D eigenvalue weighted by molar-refractivity contribution is 6.56. The largest absolute Gasteiger partial charge is 0.419 e. The Balaban J connectivity index is 2.33. The normalized spacial score (nSPS) is 17.1. The number of piperidine rings is 1. The zero-order valence-corrected chi connectivity index (χ0v) is 10.9. The third kappa shape index (κ3) is 3.19. The number of rotatable bonds is 1. The first kappa shape index (κ1) is 15.8. The molecule has 1 fully saturated rings. The van der Waals surface area contributed by atoms with Crippen LogP contribution in [-0.2, 0) is 6.18 Å². The average molecular weight is 303 g/mol. The van der Waals surface area contributed by atoms with Gasteiger partial charge in [0, 0.05) is 13.1 Å². The van der Waals surface area contributed by atoms with Crippen molar-refractivity contribution in [2.45, 2.75) is 24.9 Å². The molecule has 1 aliphatic rings. The van der Waals surface area contributed by atoms with Crippen LogP contribution in [0.4, 0.5) is 26.7 Å². The first-order valence-corrected chi connectivity index (χ1v) is 6.31. The van der Waals surface area contributed by atoms with Gasteiger partial charge in [0.2, 0.25) is 7.85 Å². The first-order chi connectivity index (χ1) is 9.71. The number of likely N-dealkylation sites (tertiary alicyclic amines) is 1. The summed E-state index contributed by atoms with van der Waals surface area (Å²) < 4.78 is 65.5. The number of carbonyl (C=O) groups is 1. The number of nitrogens with zero attached hydrogens (tertiary/aromatic N) is 1. The van der Waals surface area contributed by atoms with Crippen molar-refractivity contribution in [3.63, 3.8) is 0 Å². The van der Waals surface area contributed by atoms with Crippen LogP contribution < -0.4 is 0 Å². The Kier molecular flexibility index (Phi) is 4.25. The second kappa shape index (κ2) is 5.65. The van der Waals surface area contributed by atoms with E-state index < -0.39 is 35.1 Å². The number of alkyl halides is 3. The molecule has 1 aromatic rings. The molecule has 1 aromatic carbocycles. The maximum absolute atomic E-state index is 13.5. The minimum absolute atomic E-state index is 0.191. The van der Waals surface area contributed by atoms with Gasteiger partial charge in [0.15, 0.2) is 17.4 Å². The van der Waals surface area contributed by atoms with Gasteiger partial charge in [-0.25, -0.2) is 8.78 Å². The topological polar surface area (TPSA) is 20.3 Å². The quantitative estimate of drug-likeness (QED) is 0.575. The van der Waals surface area contributed by atoms with E-state index in [-0.39, 0.29) is 31.5 Å². The molecule has 2 rings (SSSR count). The first-order valence-electron chi connectivity index (χ1n) is 6.31. The van der Waals surface area contributed by atoms with Gasteiger partial charge in [-0.2, -0.15) is 13.2 Å². The van der Waals surface area contributed by atoms with Crippen LogP contribution in [-0.4, -0.2) is 31.6 Å². The monoisotopic (exact) mass is 303 g/mol. The Bertz CT molecular complexity index is 552. The van der Waals surface area contributed by atoms with E-state index in [0.717, 1.165) is 6.07 Å². The van der Waals surface area contributed by atoms with E-state index in [2.05, 4.69) is 0 Å². The molecule has 0 bridgehead atoms. The number of amides is 1. The predicted octanol–water partition coefficient (Wildman–Crippen LogP) is 3.45. The zero-order chi connectivity index (χ0) is 15.8. The summed E-state index contributed by atoms with van der Waals surface area (Å²) in [4.78, 5) is 12.3. The molecule has 2 nitrogen and oxygen atoms in total. The maximum atomic E-state index is 13.5. The minimum Gasteiger partial charge on any atom is -0.353 e. The van der Waals surface area contributed by atoms with E-state index in [1.54, 1.807) is 0 Å². The molecular weight excluding hydrogens is 292 g/mol. The average Bonchev–Trinajstić information content (AvgIpc) is 2.40. The van der Waals surface area contributed by atoms with Crippen molar-refractivity contribution in [1.29, 1.82) is 0 Å². The molecule has 0 N–H and O–H groups in total.